The van der Waals surface area contributed by atoms with E-state index < -0.39 is 34.8 Å². The van der Waals surface area contributed by atoms with Crippen LogP contribution >= 0.6 is 0 Å². The molecule has 5 heteroatoms. The molecule has 2 nitrogen and oxygen atoms in total. The van der Waals surface area contributed by atoms with Crippen LogP contribution in [0.15, 0.2) is 18.7 Å². The van der Waals surface area contributed by atoms with E-state index in [4.69, 9.17) is 5.73 Å². The topological polar surface area (TPSA) is 46.2 Å². The van der Waals surface area contributed by atoms with Gasteiger partial charge in [0.15, 0.2) is 17.5 Å². The molecule has 1 aromatic carbocycles. The quantitative estimate of drug-likeness (QED) is 0.603. The van der Waals surface area contributed by atoms with Crippen molar-refractivity contribution in [1.82, 2.24) is 0 Å². The smallest absolute Gasteiger partial charge is 0.195 e. The Balaban J connectivity index is 3.28. The summed E-state index contributed by atoms with van der Waals surface area (Å²) >= 11 is 0. The van der Waals surface area contributed by atoms with E-state index in [9.17, 15) is 18.3 Å². The Labute approximate surface area is 84.8 Å². The van der Waals surface area contributed by atoms with Crippen LogP contribution in [0.4, 0.5) is 13.2 Å². The van der Waals surface area contributed by atoms with Gasteiger partial charge < -0.3 is 10.8 Å². The maximum absolute atomic E-state index is 13.2. The van der Waals surface area contributed by atoms with E-state index >= 15 is 0 Å². The van der Waals surface area contributed by atoms with E-state index in [0.717, 1.165) is 0 Å². The molecule has 3 N–H and O–H groups in total. The second-order valence-electron chi connectivity index (χ2n) is 3.05. The second kappa shape index (κ2) is 4.35. The lowest BCUT2D eigenvalue weighted by atomic mass is 10.0. The molecule has 0 radical (unpaired) electrons. The Kier molecular flexibility index (Phi) is 3.36. The van der Waals surface area contributed by atoms with Gasteiger partial charge in [-0.15, -0.1) is 6.58 Å². The van der Waals surface area contributed by atoms with Gasteiger partial charge in [0.05, 0.1) is 0 Å². The van der Waals surface area contributed by atoms with Gasteiger partial charge in [-0.1, -0.05) is 6.08 Å². The van der Waals surface area contributed by atoms with Gasteiger partial charge in [0.2, 0.25) is 0 Å². The standard InChI is InChI=1S/C10H10F3NO/c1-2-3-6(14)8-7(15)4-5(11)9(12)10(8)13/h2,4,6,15H,1,3,14H2/t6-/m0/s1. The Bertz CT molecular complexity index is 393. The first-order chi connectivity index (χ1) is 6.99. The highest BCUT2D eigenvalue weighted by atomic mass is 19.2. The zero-order valence-corrected chi connectivity index (χ0v) is 7.80. The van der Waals surface area contributed by atoms with Crippen LogP contribution in [0.25, 0.3) is 0 Å². The van der Waals surface area contributed by atoms with Gasteiger partial charge in [0, 0.05) is 17.7 Å². The van der Waals surface area contributed by atoms with Crippen molar-refractivity contribution < 1.29 is 18.3 Å². The minimum absolute atomic E-state index is 0.148. The van der Waals surface area contributed by atoms with Gasteiger partial charge in [-0.05, 0) is 6.42 Å². The van der Waals surface area contributed by atoms with E-state index in [1.54, 1.807) is 0 Å². The number of phenols is 1. The molecule has 0 bridgehead atoms. The molecule has 0 aromatic heterocycles. The highest BCUT2D eigenvalue weighted by Gasteiger charge is 2.22. The van der Waals surface area contributed by atoms with Gasteiger partial charge in [0.25, 0.3) is 0 Å². The molecule has 0 aliphatic rings. The summed E-state index contributed by atoms with van der Waals surface area (Å²) in [6.07, 6.45) is 1.54. The first-order valence-electron chi connectivity index (χ1n) is 4.21. The second-order valence-corrected chi connectivity index (χ2v) is 3.05. The molecule has 0 amide bonds. The average molecular weight is 217 g/mol. The lowest BCUT2D eigenvalue weighted by molar-refractivity contribution is 0.401. The fourth-order valence-corrected chi connectivity index (χ4v) is 1.25. The van der Waals surface area contributed by atoms with Gasteiger partial charge in [-0.25, -0.2) is 13.2 Å². The molecule has 1 rings (SSSR count). The summed E-state index contributed by atoms with van der Waals surface area (Å²) in [6, 6.07) is -0.450. The Morgan fingerprint density at radius 2 is 2.00 bits per heavy atom. The molecule has 0 aliphatic heterocycles. The summed E-state index contributed by atoms with van der Waals surface area (Å²) in [5, 5.41) is 9.23. The SMILES string of the molecule is C=CC[C@H](N)c1c(O)cc(F)c(F)c1F. The Hall–Kier alpha value is -1.49. The minimum atomic E-state index is -1.64. The molecule has 0 saturated heterocycles. The molecule has 0 saturated carbocycles. The third-order valence-electron chi connectivity index (χ3n) is 1.97. The number of rotatable bonds is 3. The zero-order valence-electron chi connectivity index (χ0n) is 7.80. The molecular formula is C10H10F3NO. The van der Waals surface area contributed by atoms with Crippen molar-refractivity contribution in [2.24, 2.45) is 5.73 Å². The van der Waals surface area contributed by atoms with E-state index in [0.29, 0.717) is 6.07 Å². The van der Waals surface area contributed by atoms with Crippen LogP contribution in [0, 0.1) is 17.5 Å². The zero-order chi connectivity index (χ0) is 11.6. The number of hydrogen-bond acceptors (Lipinski definition) is 2. The number of benzene rings is 1. The van der Waals surface area contributed by atoms with E-state index in [1.165, 1.54) is 6.08 Å². The van der Waals surface area contributed by atoms with E-state index in [2.05, 4.69) is 6.58 Å². The van der Waals surface area contributed by atoms with Crippen LogP contribution in [0.3, 0.4) is 0 Å². The summed E-state index contributed by atoms with van der Waals surface area (Å²) < 4.78 is 38.7. The van der Waals surface area contributed by atoms with Crippen LogP contribution in [0.2, 0.25) is 0 Å². The number of halogens is 3. The molecular weight excluding hydrogens is 207 g/mol. The fraction of sp³-hybridized carbons (Fsp3) is 0.200. The van der Waals surface area contributed by atoms with Gasteiger partial charge in [-0.3, -0.25) is 0 Å². The molecule has 0 unspecified atom stereocenters. The van der Waals surface area contributed by atoms with Crippen molar-refractivity contribution in [3.8, 4) is 5.75 Å². The number of nitrogens with two attached hydrogens (primary N) is 1. The molecule has 1 atom stereocenters. The van der Waals surface area contributed by atoms with E-state index in [-0.39, 0.29) is 6.42 Å². The number of phenolic OH excluding ortho intramolecular Hbond substituents is 1. The van der Waals surface area contributed by atoms with Crippen molar-refractivity contribution in [2.45, 2.75) is 12.5 Å². The monoisotopic (exact) mass is 217 g/mol. The van der Waals surface area contributed by atoms with Crippen LogP contribution in [-0.4, -0.2) is 5.11 Å². The van der Waals surface area contributed by atoms with Crippen molar-refractivity contribution in [3.05, 3.63) is 41.7 Å². The van der Waals surface area contributed by atoms with Crippen molar-refractivity contribution in [3.63, 3.8) is 0 Å². The highest BCUT2D eigenvalue weighted by Crippen LogP contribution is 2.30. The summed E-state index contributed by atoms with van der Waals surface area (Å²) in [7, 11) is 0. The summed E-state index contributed by atoms with van der Waals surface area (Å²) in [4.78, 5) is 0. The molecule has 1 aromatic rings. The van der Waals surface area contributed by atoms with Gasteiger partial charge in [0.1, 0.15) is 5.75 Å². The maximum atomic E-state index is 13.2. The van der Waals surface area contributed by atoms with Crippen LogP contribution in [-0.2, 0) is 0 Å². The van der Waals surface area contributed by atoms with Crippen molar-refractivity contribution >= 4 is 0 Å². The lowest BCUT2D eigenvalue weighted by Crippen LogP contribution is -2.13. The lowest BCUT2D eigenvalue weighted by Gasteiger charge is -2.13. The van der Waals surface area contributed by atoms with Crippen LogP contribution in [0.5, 0.6) is 5.75 Å². The summed E-state index contributed by atoms with van der Waals surface area (Å²) in [5.41, 5.74) is 5.03. The normalized spacial score (nSPS) is 12.5. The predicted molar refractivity (Wildman–Crippen MR) is 49.7 cm³/mol. The molecule has 0 spiro atoms. The molecule has 0 aliphatic carbocycles. The molecule has 0 fully saturated rings. The Morgan fingerprint density at radius 1 is 1.40 bits per heavy atom. The number of aromatic hydroxyl groups is 1. The largest absolute Gasteiger partial charge is 0.507 e. The summed E-state index contributed by atoms with van der Waals surface area (Å²) in [6.45, 7) is 3.37. The van der Waals surface area contributed by atoms with Crippen LogP contribution in [0.1, 0.15) is 18.0 Å². The predicted octanol–water partition coefficient (Wildman–Crippen LogP) is 2.39. The van der Waals surface area contributed by atoms with Gasteiger partial charge in [-0.2, -0.15) is 0 Å². The highest BCUT2D eigenvalue weighted by molar-refractivity contribution is 5.37. The number of hydrogen-bond donors (Lipinski definition) is 2. The maximum Gasteiger partial charge on any atom is 0.195 e. The molecule has 15 heavy (non-hydrogen) atoms. The average Bonchev–Trinajstić information content (AvgIpc) is 2.15. The third-order valence-corrected chi connectivity index (χ3v) is 1.97. The van der Waals surface area contributed by atoms with Crippen molar-refractivity contribution in [1.29, 1.82) is 0 Å². The van der Waals surface area contributed by atoms with Crippen molar-refractivity contribution in [2.75, 3.05) is 0 Å². The fourth-order valence-electron chi connectivity index (χ4n) is 1.25. The minimum Gasteiger partial charge on any atom is -0.507 e. The Morgan fingerprint density at radius 3 is 2.53 bits per heavy atom. The first kappa shape index (κ1) is 11.6. The third kappa shape index (κ3) is 2.12. The molecule has 82 valence electrons. The van der Waals surface area contributed by atoms with Gasteiger partial charge >= 0.3 is 0 Å². The summed E-state index contributed by atoms with van der Waals surface area (Å²) in [5.74, 6) is -5.23. The molecule has 0 heterocycles. The van der Waals surface area contributed by atoms with E-state index in [1.807, 2.05) is 0 Å². The first-order valence-corrected chi connectivity index (χ1v) is 4.21. The van der Waals surface area contributed by atoms with Crippen LogP contribution < -0.4 is 5.73 Å².